The molecule has 4 nitrogen and oxygen atoms in total. The van der Waals surface area contributed by atoms with E-state index in [1.54, 1.807) is 12.2 Å². The Morgan fingerprint density at radius 3 is 2.05 bits per heavy atom. The Morgan fingerprint density at radius 2 is 1.42 bits per heavy atom. The van der Waals surface area contributed by atoms with Gasteiger partial charge in [0.2, 0.25) is 12.2 Å². The summed E-state index contributed by atoms with van der Waals surface area (Å²) in [6.07, 6.45) is 12.2. The zero-order valence-electron chi connectivity index (χ0n) is 10.7. The number of aliphatic imine (C=N–C) groups is 2. The van der Waals surface area contributed by atoms with Crippen LogP contribution in [0.5, 0.6) is 0 Å². The Labute approximate surface area is 115 Å². The van der Waals surface area contributed by atoms with Crippen molar-refractivity contribution >= 4 is 12.2 Å². The van der Waals surface area contributed by atoms with Gasteiger partial charge in [-0.3, -0.25) is 0 Å². The molecule has 0 saturated heterocycles. The van der Waals surface area contributed by atoms with Crippen LogP contribution in [0, 0.1) is 11.8 Å². The number of rotatable bonds is 3. The van der Waals surface area contributed by atoms with Crippen molar-refractivity contribution in [3.8, 4) is 0 Å². The molecule has 2 atom stereocenters. The van der Waals surface area contributed by atoms with E-state index in [0.29, 0.717) is 11.8 Å². The second kappa shape index (κ2) is 8.04. The van der Waals surface area contributed by atoms with Crippen LogP contribution in [0.3, 0.4) is 0 Å². The first-order valence-electron chi connectivity index (χ1n) is 6.99. The summed E-state index contributed by atoms with van der Waals surface area (Å²) in [4.78, 5) is 28.6. The maximum Gasteiger partial charge on any atom is 0.235 e. The van der Waals surface area contributed by atoms with E-state index in [0.717, 1.165) is 32.1 Å². The highest BCUT2D eigenvalue weighted by molar-refractivity contribution is 5.34. The van der Waals surface area contributed by atoms with Crippen LogP contribution >= 0.6 is 0 Å². The fourth-order valence-electron chi connectivity index (χ4n) is 3.65. The monoisotopic (exact) mass is 264 g/mol. The first-order chi connectivity index (χ1) is 8.85. The number of carbonyl (C=O) groups excluding carboxylic acids is 2. The second-order valence-electron chi connectivity index (χ2n) is 5.53. The molecule has 0 aliphatic heterocycles. The van der Waals surface area contributed by atoms with Gasteiger partial charge in [-0.05, 0) is 50.4 Å². The number of hydrogen-bond donors (Lipinski definition) is 0. The van der Waals surface area contributed by atoms with E-state index in [2.05, 4.69) is 9.98 Å². The van der Waals surface area contributed by atoms with E-state index in [-0.39, 0.29) is 19.5 Å². The van der Waals surface area contributed by atoms with Gasteiger partial charge in [0.05, 0.1) is 12.1 Å². The van der Waals surface area contributed by atoms with E-state index in [1.807, 2.05) is 0 Å². The molecule has 2 fully saturated rings. The molecule has 0 bridgehead atoms. The van der Waals surface area contributed by atoms with Crippen LogP contribution in [0.25, 0.3) is 0 Å². The Morgan fingerprint density at radius 1 is 0.789 bits per heavy atom. The minimum atomic E-state index is 0. The second-order valence-corrected chi connectivity index (χ2v) is 5.53. The van der Waals surface area contributed by atoms with Gasteiger partial charge in [0.1, 0.15) is 0 Å². The summed E-state index contributed by atoms with van der Waals surface area (Å²) < 4.78 is 0. The Kier molecular flexibility index (Phi) is 6.69. The minimum absolute atomic E-state index is 0. The van der Waals surface area contributed by atoms with E-state index >= 15 is 0 Å². The average Bonchev–Trinajstić information content (AvgIpc) is 2.41. The van der Waals surface area contributed by atoms with E-state index in [9.17, 15) is 9.59 Å². The van der Waals surface area contributed by atoms with Crippen LogP contribution < -0.4 is 0 Å². The number of isocyanates is 2. The van der Waals surface area contributed by atoms with Crippen molar-refractivity contribution in [2.45, 2.75) is 70.9 Å². The van der Waals surface area contributed by atoms with Gasteiger partial charge in [-0.1, -0.05) is 20.3 Å². The molecule has 0 spiro atoms. The lowest BCUT2D eigenvalue weighted by Crippen LogP contribution is -2.33. The molecule has 2 saturated carbocycles. The molecule has 0 aromatic rings. The predicted molar refractivity (Wildman–Crippen MR) is 74.5 cm³/mol. The summed E-state index contributed by atoms with van der Waals surface area (Å²) in [6, 6.07) is 0.364. The first kappa shape index (κ1) is 15.8. The number of hydrogen-bond acceptors (Lipinski definition) is 4. The lowest BCUT2D eigenvalue weighted by molar-refractivity contribution is 0.165. The molecule has 4 heteroatoms. The predicted octanol–water partition coefficient (Wildman–Crippen LogP) is 3.41. The van der Waals surface area contributed by atoms with Gasteiger partial charge in [-0.2, -0.15) is 0 Å². The molecular weight excluding hydrogens is 240 g/mol. The summed E-state index contributed by atoms with van der Waals surface area (Å²) in [5, 5.41) is 0. The Balaban J connectivity index is 0.00000180. The van der Waals surface area contributed by atoms with Crippen LogP contribution in [-0.4, -0.2) is 24.2 Å². The molecule has 0 aromatic carbocycles. The summed E-state index contributed by atoms with van der Waals surface area (Å²) in [5.41, 5.74) is 0. The maximum absolute atomic E-state index is 10.5. The third-order valence-corrected chi connectivity index (χ3v) is 4.58. The lowest BCUT2D eigenvalue weighted by atomic mass is 9.70. The largest absolute Gasteiger partial charge is 0.235 e. The quantitative estimate of drug-likeness (QED) is 0.579. The minimum Gasteiger partial charge on any atom is -0.211 e. The molecule has 0 heterocycles. The van der Waals surface area contributed by atoms with Crippen molar-refractivity contribution in [2.75, 3.05) is 0 Å². The lowest BCUT2D eigenvalue weighted by Gasteiger charge is -2.37. The fourth-order valence-corrected chi connectivity index (χ4v) is 3.65. The summed E-state index contributed by atoms with van der Waals surface area (Å²) in [6.45, 7) is 0. The van der Waals surface area contributed by atoms with Gasteiger partial charge in [-0.25, -0.2) is 19.6 Å². The van der Waals surface area contributed by atoms with Crippen molar-refractivity contribution in [2.24, 2.45) is 21.8 Å². The highest BCUT2D eigenvalue weighted by atomic mass is 16.1. The van der Waals surface area contributed by atoms with Crippen molar-refractivity contribution in [3.63, 3.8) is 0 Å². The van der Waals surface area contributed by atoms with Gasteiger partial charge in [0, 0.05) is 0 Å². The molecule has 0 radical (unpaired) electrons. The molecule has 106 valence electrons. The molecular formula is C15H24N2O2. The molecule has 2 aliphatic carbocycles. The normalized spacial score (nSPS) is 34.3. The van der Waals surface area contributed by atoms with Gasteiger partial charge in [0.15, 0.2) is 0 Å². The average molecular weight is 264 g/mol. The summed E-state index contributed by atoms with van der Waals surface area (Å²) >= 11 is 0. The SMILES string of the molecule is C.O=C=NC1CCC(C2CCCCC2N=C=O)CC1. The zero-order valence-corrected chi connectivity index (χ0v) is 10.7. The Hall–Kier alpha value is -1.24. The maximum atomic E-state index is 10.5. The van der Waals surface area contributed by atoms with Crippen molar-refractivity contribution in [3.05, 3.63) is 0 Å². The van der Waals surface area contributed by atoms with E-state index in [4.69, 9.17) is 0 Å². The third kappa shape index (κ3) is 4.12. The smallest absolute Gasteiger partial charge is 0.211 e. The number of nitrogens with zero attached hydrogens (tertiary/aromatic N) is 2. The van der Waals surface area contributed by atoms with Crippen LogP contribution in [0.4, 0.5) is 0 Å². The highest BCUT2D eigenvalue weighted by Gasteiger charge is 2.34. The van der Waals surface area contributed by atoms with Gasteiger partial charge in [0.25, 0.3) is 0 Å². The molecule has 0 amide bonds. The highest BCUT2D eigenvalue weighted by Crippen LogP contribution is 2.40. The van der Waals surface area contributed by atoms with Gasteiger partial charge in [-0.15, -0.1) is 0 Å². The van der Waals surface area contributed by atoms with Gasteiger partial charge >= 0.3 is 0 Å². The van der Waals surface area contributed by atoms with Crippen LogP contribution in [0.1, 0.15) is 58.8 Å². The molecule has 19 heavy (non-hydrogen) atoms. The Bertz CT molecular complexity index is 362. The standard InChI is InChI=1S/C14H20N2O2.CH4/c17-9-15-12-7-5-11(6-8-12)13-3-1-2-4-14(13)16-10-18;/h11-14H,1-8H2;1H4. The van der Waals surface area contributed by atoms with Crippen LogP contribution in [0.2, 0.25) is 0 Å². The molecule has 0 aromatic heterocycles. The first-order valence-corrected chi connectivity index (χ1v) is 6.99. The molecule has 2 unspecified atom stereocenters. The van der Waals surface area contributed by atoms with Crippen molar-refractivity contribution < 1.29 is 9.59 Å². The zero-order chi connectivity index (χ0) is 12.8. The molecule has 2 aliphatic rings. The summed E-state index contributed by atoms with van der Waals surface area (Å²) in [5.74, 6) is 1.19. The van der Waals surface area contributed by atoms with Crippen LogP contribution in [-0.2, 0) is 9.59 Å². The van der Waals surface area contributed by atoms with Gasteiger partial charge < -0.3 is 0 Å². The fraction of sp³-hybridized carbons (Fsp3) is 0.867. The topological polar surface area (TPSA) is 58.9 Å². The van der Waals surface area contributed by atoms with E-state index in [1.165, 1.54) is 19.3 Å². The summed E-state index contributed by atoms with van der Waals surface area (Å²) in [7, 11) is 0. The van der Waals surface area contributed by atoms with E-state index < -0.39 is 0 Å². The van der Waals surface area contributed by atoms with Crippen molar-refractivity contribution in [1.82, 2.24) is 0 Å². The van der Waals surface area contributed by atoms with Crippen molar-refractivity contribution in [1.29, 1.82) is 0 Å². The third-order valence-electron chi connectivity index (χ3n) is 4.58. The molecule has 0 N–H and O–H groups in total. The van der Waals surface area contributed by atoms with Crippen LogP contribution in [0.15, 0.2) is 9.98 Å². The molecule has 2 rings (SSSR count).